The number of hydrogen-bond acceptors (Lipinski definition) is 5. The van der Waals surface area contributed by atoms with Crippen molar-refractivity contribution in [2.75, 3.05) is 19.3 Å². The van der Waals surface area contributed by atoms with Gasteiger partial charge in [0.2, 0.25) is 5.91 Å². The van der Waals surface area contributed by atoms with Crippen LogP contribution in [-0.4, -0.2) is 38.9 Å². The molecule has 1 rings (SSSR count). The molecule has 1 aromatic rings. The van der Waals surface area contributed by atoms with Gasteiger partial charge in [-0.1, -0.05) is 0 Å². The summed E-state index contributed by atoms with van der Waals surface area (Å²) in [7, 11) is -3.34. The molecule has 114 valence electrons. The molecule has 0 aromatic carbocycles. The maximum absolute atomic E-state index is 11.6. The summed E-state index contributed by atoms with van der Waals surface area (Å²) in [6.07, 6.45) is 1.05. The summed E-state index contributed by atoms with van der Waals surface area (Å²) >= 11 is 0. The Morgan fingerprint density at radius 2 is 1.95 bits per heavy atom. The van der Waals surface area contributed by atoms with E-state index in [1.165, 1.54) is 6.92 Å². The molecule has 2 N–H and O–H groups in total. The van der Waals surface area contributed by atoms with Crippen molar-refractivity contribution in [3.05, 3.63) is 23.7 Å². The highest BCUT2D eigenvalue weighted by Crippen LogP contribution is 2.14. The van der Waals surface area contributed by atoms with Crippen LogP contribution in [-0.2, 0) is 14.6 Å². The third-order valence-electron chi connectivity index (χ3n) is 3.07. The van der Waals surface area contributed by atoms with Crippen molar-refractivity contribution in [2.24, 2.45) is 0 Å². The minimum absolute atomic E-state index is 0.0351. The van der Waals surface area contributed by atoms with Crippen molar-refractivity contribution in [1.29, 1.82) is 0 Å². The van der Waals surface area contributed by atoms with Crippen LogP contribution in [0.2, 0.25) is 0 Å². The smallest absolute Gasteiger partial charge is 0.238 e. The van der Waals surface area contributed by atoms with Crippen LogP contribution in [0.1, 0.15) is 31.4 Å². The Balaban J connectivity index is 2.30. The minimum atomic E-state index is -3.34. The lowest BCUT2D eigenvalue weighted by Crippen LogP contribution is -2.40. The maximum atomic E-state index is 11.6. The topological polar surface area (TPSA) is 88.4 Å². The van der Waals surface area contributed by atoms with Gasteiger partial charge in [-0.3, -0.25) is 4.79 Å². The molecule has 1 amide bonds. The molecular weight excluding hydrogens is 280 g/mol. The van der Waals surface area contributed by atoms with Gasteiger partial charge in [-0.05, 0) is 32.9 Å². The van der Waals surface area contributed by atoms with Crippen molar-refractivity contribution in [2.45, 2.75) is 32.1 Å². The fourth-order valence-electron chi connectivity index (χ4n) is 1.60. The van der Waals surface area contributed by atoms with Gasteiger partial charge in [-0.15, -0.1) is 0 Å². The number of carbonyl (C=O) groups excluding carboxylic acids is 1. The van der Waals surface area contributed by atoms with Crippen LogP contribution < -0.4 is 10.6 Å². The third-order valence-corrected chi connectivity index (χ3v) is 4.57. The van der Waals surface area contributed by atoms with E-state index in [0.29, 0.717) is 13.1 Å². The first-order valence-corrected chi connectivity index (χ1v) is 8.43. The van der Waals surface area contributed by atoms with Gasteiger partial charge >= 0.3 is 0 Å². The Bertz CT molecular complexity index is 550. The summed E-state index contributed by atoms with van der Waals surface area (Å²) in [5, 5.41) is 4.76. The van der Waals surface area contributed by atoms with Gasteiger partial charge in [0.05, 0.1) is 6.04 Å². The van der Waals surface area contributed by atoms with E-state index in [-0.39, 0.29) is 6.04 Å². The summed E-state index contributed by atoms with van der Waals surface area (Å²) in [4.78, 5) is 11.6. The predicted molar refractivity (Wildman–Crippen MR) is 77.2 cm³/mol. The van der Waals surface area contributed by atoms with Gasteiger partial charge in [-0.25, -0.2) is 8.42 Å². The van der Waals surface area contributed by atoms with Gasteiger partial charge in [0.1, 0.15) is 16.8 Å². The second-order valence-corrected chi connectivity index (χ2v) is 7.25. The average molecular weight is 302 g/mol. The van der Waals surface area contributed by atoms with Crippen molar-refractivity contribution in [1.82, 2.24) is 10.6 Å². The first-order valence-electron chi connectivity index (χ1n) is 6.48. The number of rotatable bonds is 7. The fraction of sp³-hybridized carbons (Fsp3) is 0.615. The number of sulfone groups is 1. The molecule has 0 aliphatic heterocycles. The molecule has 7 heteroatoms. The first kappa shape index (κ1) is 16.7. The van der Waals surface area contributed by atoms with Gasteiger partial charge in [0, 0.05) is 19.3 Å². The van der Waals surface area contributed by atoms with Crippen LogP contribution in [0.15, 0.2) is 16.5 Å². The van der Waals surface area contributed by atoms with Crippen LogP contribution in [0.25, 0.3) is 0 Å². The lowest BCUT2D eigenvalue weighted by molar-refractivity contribution is -0.120. The Morgan fingerprint density at radius 1 is 1.30 bits per heavy atom. The largest absolute Gasteiger partial charge is 0.465 e. The van der Waals surface area contributed by atoms with Crippen molar-refractivity contribution in [3.8, 4) is 0 Å². The number of hydrogen-bond donors (Lipinski definition) is 2. The normalized spacial score (nSPS) is 14.8. The van der Waals surface area contributed by atoms with Crippen LogP contribution >= 0.6 is 0 Å². The van der Waals surface area contributed by atoms with Crippen molar-refractivity contribution < 1.29 is 17.6 Å². The first-order chi connectivity index (χ1) is 9.21. The van der Waals surface area contributed by atoms with Crippen LogP contribution in [0.4, 0.5) is 0 Å². The molecule has 0 spiro atoms. The molecule has 0 saturated heterocycles. The monoisotopic (exact) mass is 302 g/mol. The Morgan fingerprint density at radius 3 is 2.45 bits per heavy atom. The predicted octanol–water partition coefficient (Wildman–Crippen LogP) is 0.788. The van der Waals surface area contributed by atoms with Gasteiger partial charge in [0.25, 0.3) is 0 Å². The summed E-state index contributed by atoms with van der Waals surface area (Å²) in [5.74, 6) is 1.21. The lowest BCUT2D eigenvalue weighted by atomic mass is 10.2. The number of furan rings is 1. The van der Waals surface area contributed by atoms with E-state index in [1.807, 2.05) is 26.0 Å². The molecule has 0 fully saturated rings. The van der Waals surface area contributed by atoms with E-state index >= 15 is 0 Å². The number of amides is 1. The Kier molecular flexibility index (Phi) is 5.76. The summed E-state index contributed by atoms with van der Waals surface area (Å²) < 4.78 is 27.9. The molecule has 1 aromatic heterocycles. The fourth-order valence-corrected chi connectivity index (χ4v) is 2.07. The third kappa shape index (κ3) is 4.97. The summed E-state index contributed by atoms with van der Waals surface area (Å²) in [6, 6.07) is 3.83. The van der Waals surface area contributed by atoms with Crippen LogP contribution in [0.3, 0.4) is 0 Å². The van der Waals surface area contributed by atoms with Crippen LogP contribution in [0.5, 0.6) is 0 Å². The zero-order valence-corrected chi connectivity index (χ0v) is 13.1. The maximum Gasteiger partial charge on any atom is 0.238 e. The second kappa shape index (κ2) is 6.90. The molecule has 20 heavy (non-hydrogen) atoms. The molecule has 6 nitrogen and oxygen atoms in total. The molecular formula is C13H22N2O4S. The van der Waals surface area contributed by atoms with Crippen molar-refractivity contribution in [3.63, 3.8) is 0 Å². The SMILES string of the molecule is Cc1ccc([C@@H](C)NCCNC(=O)[C@H](C)S(C)(=O)=O)o1. The Labute approximate surface area is 119 Å². The average Bonchev–Trinajstić information content (AvgIpc) is 2.78. The van der Waals surface area contributed by atoms with E-state index < -0.39 is 21.0 Å². The molecule has 0 aliphatic carbocycles. The number of aryl methyl sites for hydroxylation is 1. The van der Waals surface area contributed by atoms with Gasteiger partial charge in [-0.2, -0.15) is 0 Å². The lowest BCUT2D eigenvalue weighted by Gasteiger charge is -2.13. The van der Waals surface area contributed by atoms with Gasteiger partial charge in [0.15, 0.2) is 9.84 Å². The molecule has 2 atom stereocenters. The summed E-state index contributed by atoms with van der Waals surface area (Å²) in [5.41, 5.74) is 0. The Hall–Kier alpha value is -1.34. The highest BCUT2D eigenvalue weighted by Gasteiger charge is 2.22. The van der Waals surface area contributed by atoms with E-state index in [2.05, 4.69) is 10.6 Å². The molecule has 0 radical (unpaired) electrons. The van der Waals surface area contributed by atoms with Crippen molar-refractivity contribution >= 4 is 15.7 Å². The summed E-state index contributed by atoms with van der Waals surface area (Å²) in [6.45, 7) is 6.11. The van der Waals surface area contributed by atoms with E-state index in [9.17, 15) is 13.2 Å². The standard InChI is InChI=1S/C13H22N2O4S/c1-9-5-6-12(19-9)10(2)14-7-8-15-13(16)11(3)20(4,17)18/h5-6,10-11,14H,7-8H2,1-4H3,(H,15,16)/t10-,11+/m1/s1. The highest BCUT2D eigenvalue weighted by atomic mass is 32.2. The molecule has 1 heterocycles. The van der Waals surface area contributed by atoms with Gasteiger partial charge < -0.3 is 15.1 Å². The van der Waals surface area contributed by atoms with E-state index in [1.54, 1.807) is 0 Å². The molecule has 0 saturated carbocycles. The van der Waals surface area contributed by atoms with Crippen LogP contribution in [0, 0.1) is 6.92 Å². The van der Waals surface area contributed by atoms with E-state index in [0.717, 1.165) is 17.8 Å². The minimum Gasteiger partial charge on any atom is -0.465 e. The highest BCUT2D eigenvalue weighted by molar-refractivity contribution is 7.92. The molecule has 0 bridgehead atoms. The van der Waals surface area contributed by atoms with E-state index in [4.69, 9.17) is 4.42 Å². The molecule has 0 unspecified atom stereocenters. The number of nitrogens with one attached hydrogen (secondary N) is 2. The zero-order chi connectivity index (χ0) is 15.3. The number of carbonyl (C=O) groups is 1. The zero-order valence-electron chi connectivity index (χ0n) is 12.3. The quantitative estimate of drug-likeness (QED) is 0.727. The molecule has 0 aliphatic rings. The second-order valence-electron chi connectivity index (χ2n) is 4.89.